The predicted molar refractivity (Wildman–Crippen MR) is 94.6 cm³/mol. The average Bonchev–Trinajstić information content (AvgIpc) is 3.12. The first kappa shape index (κ1) is 16.5. The third-order valence-electron chi connectivity index (χ3n) is 3.65. The van der Waals surface area contributed by atoms with Crippen LogP contribution in [0.3, 0.4) is 0 Å². The first-order valence-corrected chi connectivity index (χ1v) is 8.68. The van der Waals surface area contributed by atoms with Crippen molar-refractivity contribution in [3.63, 3.8) is 0 Å². The minimum absolute atomic E-state index is 0.213. The van der Waals surface area contributed by atoms with Gasteiger partial charge in [-0.1, -0.05) is 25.2 Å². The molecular weight excluding hydrogens is 324 g/mol. The fourth-order valence-corrected chi connectivity index (χ4v) is 3.10. The first-order chi connectivity index (χ1) is 11.4. The van der Waals surface area contributed by atoms with E-state index >= 15 is 0 Å². The van der Waals surface area contributed by atoms with Crippen LogP contribution in [0.15, 0.2) is 12.3 Å². The van der Waals surface area contributed by atoms with Gasteiger partial charge >= 0.3 is 0 Å². The Morgan fingerprint density at radius 1 is 1.25 bits per heavy atom. The van der Waals surface area contributed by atoms with Crippen molar-refractivity contribution < 1.29 is 4.79 Å². The Morgan fingerprint density at radius 3 is 2.62 bits per heavy atom. The maximum Gasteiger partial charge on any atom is 0.259 e. The second-order valence-electron chi connectivity index (χ2n) is 6.27. The van der Waals surface area contributed by atoms with Crippen molar-refractivity contribution in [2.75, 3.05) is 5.32 Å². The smallest absolute Gasteiger partial charge is 0.259 e. The third kappa shape index (κ3) is 3.01. The molecule has 7 nitrogen and oxygen atoms in total. The Labute approximate surface area is 144 Å². The van der Waals surface area contributed by atoms with Gasteiger partial charge in [-0.2, -0.15) is 5.10 Å². The highest BCUT2D eigenvalue weighted by Crippen LogP contribution is 2.24. The second-order valence-corrected chi connectivity index (χ2v) is 7.28. The summed E-state index contributed by atoms with van der Waals surface area (Å²) in [6.07, 6.45) is 1.74. The van der Waals surface area contributed by atoms with Gasteiger partial charge in [-0.25, -0.2) is 9.67 Å². The molecule has 3 heterocycles. The molecule has 0 bridgehead atoms. The van der Waals surface area contributed by atoms with E-state index in [-0.39, 0.29) is 17.9 Å². The Kier molecular flexibility index (Phi) is 4.31. The number of carbonyl (C=O) groups is 1. The maximum atomic E-state index is 12.6. The summed E-state index contributed by atoms with van der Waals surface area (Å²) >= 11 is 1.39. The minimum atomic E-state index is -0.231. The number of hydrogen-bond donors (Lipinski definition) is 1. The van der Waals surface area contributed by atoms with Crippen LogP contribution in [0.2, 0.25) is 0 Å². The number of aromatic nitrogens is 5. The monoisotopic (exact) mass is 344 g/mol. The van der Waals surface area contributed by atoms with E-state index in [0.29, 0.717) is 16.4 Å². The fourth-order valence-electron chi connectivity index (χ4n) is 2.36. The van der Waals surface area contributed by atoms with E-state index in [9.17, 15) is 4.79 Å². The number of amides is 1. The highest BCUT2D eigenvalue weighted by molar-refractivity contribution is 7.15. The fraction of sp³-hybridized carbons (Fsp3) is 0.438. The Morgan fingerprint density at radius 2 is 2.00 bits per heavy atom. The van der Waals surface area contributed by atoms with Crippen LogP contribution in [0, 0.1) is 6.92 Å². The zero-order valence-corrected chi connectivity index (χ0v) is 15.2. The highest BCUT2D eigenvalue weighted by atomic mass is 32.1. The zero-order chi connectivity index (χ0) is 17.4. The molecular formula is C16H20N6OS. The van der Waals surface area contributed by atoms with Crippen molar-refractivity contribution in [1.82, 2.24) is 25.0 Å². The predicted octanol–water partition coefficient (Wildman–Crippen LogP) is 3.55. The summed E-state index contributed by atoms with van der Waals surface area (Å²) < 4.78 is 1.85. The number of carbonyl (C=O) groups excluding carboxylic acids is 1. The van der Waals surface area contributed by atoms with E-state index in [1.165, 1.54) is 11.3 Å². The highest BCUT2D eigenvalue weighted by Gasteiger charge is 2.17. The van der Waals surface area contributed by atoms with Crippen LogP contribution in [-0.4, -0.2) is 30.9 Å². The lowest BCUT2D eigenvalue weighted by Gasteiger charge is -2.08. The number of hydrogen-bond acceptors (Lipinski definition) is 6. The van der Waals surface area contributed by atoms with E-state index < -0.39 is 0 Å². The van der Waals surface area contributed by atoms with Crippen molar-refractivity contribution in [1.29, 1.82) is 0 Å². The summed E-state index contributed by atoms with van der Waals surface area (Å²) in [5.74, 6) is 0.0560. The molecule has 0 aliphatic rings. The topological polar surface area (TPSA) is 85.6 Å². The Bertz CT molecular complexity index is 895. The first-order valence-electron chi connectivity index (χ1n) is 7.86. The van der Waals surface area contributed by atoms with Crippen LogP contribution in [0.1, 0.15) is 60.7 Å². The minimum Gasteiger partial charge on any atom is -0.296 e. The molecule has 0 fully saturated rings. The number of rotatable bonds is 4. The van der Waals surface area contributed by atoms with E-state index in [4.69, 9.17) is 0 Å². The van der Waals surface area contributed by atoms with Gasteiger partial charge in [-0.3, -0.25) is 10.1 Å². The van der Waals surface area contributed by atoms with Crippen LogP contribution in [0.4, 0.5) is 5.13 Å². The molecule has 0 aliphatic heterocycles. The molecule has 0 unspecified atom stereocenters. The molecule has 3 aromatic heterocycles. The maximum absolute atomic E-state index is 12.6. The van der Waals surface area contributed by atoms with E-state index in [1.807, 2.05) is 45.4 Å². The van der Waals surface area contributed by atoms with Gasteiger partial charge in [-0.05, 0) is 26.8 Å². The molecule has 0 saturated carbocycles. The average molecular weight is 344 g/mol. The molecule has 126 valence electrons. The summed E-state index contributed by atoms with van der Waals surface area (Å²) in [5.41, 5.74) is 1.97. The zero-order valence-electron chi connectivity index (χ0n) is 14.4. The molecule has 1 N–H and O–H groups in total. The normalized spacial score (nSPS) is 11.6. The molecule has 24 heavy (non-hydrogen) atoms. The lowest BCUT2D eigenvalue weighted by atomic mass is 10.1. The standard InChI is InChI=1S/C16H20N6OS/c1-8(2)15-20-21-16(24-15)19-14(23)12-6-11-7-17-22(9(3)4)13(11)18-10(12)5/h6-9H,1-5H3,(H,19,21,23). The van der Waals surface area contributed by atoms with E-state index in [2.05, 4.69) is 25.6 Å². The Hall–Kier alpha value is -2.35. The van der Waals surface area contributed by atoms with Crippen LogP contribution in [-0.2, 0) is 0 Å². The Balaban J connectivity index is 1.90. The lowest BCUT2D eigenvalue weighted by molar-refractivity contribution is 0.102. The molecule has 0 radical (unpaired) electrons. The summed E-state index contributed by atoms with van der Waals surface area (Å²) in [4.78, 5) is 17.1. The van der Waals surface area contributed by atoms with Crippen LogP contribution in [0.5, 0.6) is 0 Å². The molecule has 0 saturated heterocycles. The number of nitrogens with zero attached hydrogens (tertiary/aromatic N) is 5. The summed E-state index contributed by atoms with van der Waals surface area (Å²) in [6.45, 7) is 10.0. The molecule has 3 rings (SSSR count). The molecule has 0 aromatic carbocycles. The van der Waals surface area contributed by atoms with Gasteiger partial charge in [0.2, 0.25) is 5.13 Å². The molecule has 8 heteroatoms. The molecule has 1 amide bonds. The van der Waals surface area contributed by atoms with Crippen molar-refractivity contribution in [2.45, 2.75) is 46.6 Å². The molecule has 0 atom stereocenters. The van der Waals surface area contributed by atoms with Crippen LogP contribution in [0.25, 0.3) is 11.0 Å². The van der Waals surface area contributed by atoms with Crippen molar-refractivity contribution in [3.05, 3.63) is 28.5 Å². The van der Waals surface area contributed by atoms with Crippen molar-refractivity contribution >= 4 is 33.4 Å². The summed E-state index contributed by atoms with van der Waals surface area (Å²) in [7, 11) is 0. The van der Waals surface area contributed by atoms with Gasteiger partial charge in [0.1, 0.15) is 5.01 Å². The van der Waals surface area contributed by atoms with Crippen LogP contribution >= 0.6 is 11.3 Å². The van der Waals surface area contributed by atoms with Gasteiger partial charge in [0, 0.05) is 17.3 Å². The van der Waals surface area contributed by atoms with Crippen LogP contribution < -0.4 is 5.32 Å². The van der Waals surface area contributed by atoms with E-state index in [1.54, 1.807) is 6.20 Å². The van der Waals surface area contributed by atoms with Crippen molar-refractivity contribution in [3.8, 4) is 0 Å². The second kappa shape index (κ2) is 6.27. The molecule has 3 aromatic rings. The number of pyridine rings is 1. The number of anilines is 1. The van der Waals surface area contributed by atoms with E-state index in [0.717, 1.165) is 16.0 Å². The molecule has 0 spiro atoms. The van der Waals surface area contributed by atoms with Gasteiger partial charge in [-0.15, -0.1) is 10.2 Å². The lowest BCUT2D eigenvalue weighted by Crippen LogP contribution is -2.14. The number of nitrogens with one attached hydrogen (secondary N) is 1. The SMILES string of the molecule is Cc1nc2c(cnn2C(C)C)cc1C(=O)Nc1nnc(C(C)C)s1. The summed E-state index contributed by atoms with van der Waals surface area (Å²) in [6, 6.07) is 2.04. The number of aryl methyl sites for hydroxylation is 1. The number of fused-ring (bicyclic) bond motifs is 1. The largest absolute Gasteiger partial charge is 0.296 e. The third-order valence-corrected chi connectivity index (χ3v) is 4.79. The van der Waals surface area contributed by atoms with Gasteiger partial charge < -0.3 is 0 Å². The molecule has 0 aliphatic carbocycles. The van der Waals surface area contributed by atoms with Gasteiger partial charge in [0.15, 0.2) is 5.65 Å². The summed E-state index contributed by atoms with van der Waals surface area (Å²) in [5, 5.41) is 17.5. The van der Waals surface area contributed by atoms with Gasteiger partial charge in [0.25, 0.3) is 5.91 Å². The quantitative estimate of drug-likeness (QED) is 0.782. The van der Waals surface area contributed by atoms with Crippen molar-refractivity contribution in [2.24, 2.45) is 0 Å². The van der Waals surface area contributed by atoms with Gasteiger partial charge in [0.05, 0.1) is 17.5 Å².